The first-order valence-electron chi connectivity index (χ1n) is 7.22. The number of H-pyrrole nitrogens is 1. The lowest BCUT2D eigenvalue weighted by molar-refractivity contribution is 0.0764. The van der Waals surface area contributed by atoms with Gasteiger partial charge in [-0.2, -0.15) is 5.10 Å². The van der Waals surface area contributed by atoms with Gasteiger partial charge < -0.3 is 15.7 Å². The minimum absolute atomic E-state index is 0.00612. The van der Waals surface area contributed by atoms with E-state index >= 15 is 0 Å². The molecule has 2 aromatic rings. The van der Waals surface area contributed by atoms with Crippen molar-refractivity contribution in [3.05, 3.63) is 41.3 Å². The Hall–Kier alpha value is -2.41. The molecule has 0 spiro atoms. The van der Waals surface area contributed by atoms with Gasteiger partial charge in [0.1, 0.15) is 5.82 Å². The minimum Gasteiger partial charge on any atom is -0.391 e. The Bertz CT molecular complexity index is 667. The van der Waals surface area contributed by atoms with Gasteiger partial charge in [-0.1, -0.05) is 0 Å². The fourth-order valence-electron chi connectivity index (χ4n) is 2.78. The van der Waals surface area contributed by atoms with Gasteiger partial charge in [0, 0.05) is 30.9 Å². The number of aromatic nitrogens is 3. The number of nitrogen functional groups attached to an aromatic ring is 1. The van der Waals surface area contributed by atoms with E-state index in [2.05, 4.69) is 15.2 Å². The number of carbonyl (C=O) groups excluding carboxylic acids is 1. The van der Waals surface area contributed by atoms with Crippen LogP contribution in [0.25, 0.3) is 0 Å². The van der Waals surface area contributed by atoms with Gasteiger partial charge >= 0.3 is 0 Å². The monoisotopic (exact) mass is 301 g/mol. The van der Waals surface area contributed by atoms with E-state index in [-0.39, 0.29) is 11.8 Å². The summed E-state index contributed by atoms with van der Waals surface area (Å²) in [6.07, 6.45) is 1.58. The van der Waals surface area contributed by atoms with Crippen LogP contribution in [0.3, 0.4) is 0 Å². The molecule has 0 unspecified atom stereocenters. The van der Waals surface area contributed by atoms with Crippen molar-refractivity contribution in [3.8, 4) is 0 Å². The zero-order valence-corrected chi connectivity index (χ0v) is 12.4. The number of amides is 1. The zero-order chi connectivity index (χ0) is 15.7. The van der Waals surface area contributed by atoms with Gasteiger partial charge in [0.25, 0.3) is 5.91 Å². The lowest BCUT2D eigenvalue weighted by atomic mass is 10.0. The summed E-state index contributed by atoms with van der Waals surface area (Å²) < 4.78 is 0. The summed E-state index contributed by atoms with van der Waals surface area (Å²) in [7, 11) is 0. The number of hydrogen-bond acceptors (Lipinski definition) is 5. The minimum atomic E-state index is -0.539. The molecule has 1 amide bonds. The summed E-state index contributed by atoms with van der Waals surface area (Å²) in [4.78, 5) is 18.0. The third-order valence-electron chi connectivity index (χ3n) is 3.96. The highest BCUT2D eigenvalue weighted by atomic mass is 16.3. The van der Waals surface area contributed by atoms with Gasteiger partial charge in [0.15, 0.2) is 0 Å². The highest BCUT2D eigenvalue weighted by Crippen LogP contribution is 2.22. The zero-order valence-electron chi connectivity index (χ0n) is 12.4. The molecule has 0 radical (unpaired) electrons. The second kappa shape index (κ2) is 5.76. The van der Waals surface area contributed by atoms with Crippen LogP contribution < -0.4 is 5.73 Å². The molecule has 2 aromatic heterocycles. The molecule has 1 fully saturated rings. The molecule has 116 valence electrons. The lowest BCUT2D eigenvalue weighted by Crippen LogP contribution is -2.29. The third-order valence-corrected chi connectivity index (χ3v) is 3.96. The quantitative estimate of drug-likeness (QED) is 0.759. The van der Waals surface area contributed by atoms with E-state index in [1.54, 1.807) is 17.0 Å². The van der Waals surface area contributed by atoms with Crippen LogP contribution in [0.2, 0.25) is 0 Å². The normalized spacial score (nSPS) is 21.3. The number of rotatable bonds is 3. The Kier molecular flexibility index (Phi) is 3.81. The molecule has 7 nitrogen and oxygen atoms in total. The smallest absolute Gasteiger partial charge is 0.255 e. The Balaban J connectivity index is 1.67. The first-order chi connectivity index (χ1) is 10.5. The number of anilines is 1. The number of aliphatic hydroxyl groups is 1. The molecule has 4 N–H and O–H groups in total. The highest BCUT2D eigenvalue weighted by molar-refractivity contribution is 5.94. The number of nitrogens with one attached hydrogen (secondary N) is 1. The van der Waals surface area contributed by atoms with Gasteiger partial charge in [-0.3, -0.25) is 9.89 Å². The first kappa shape index (κ1) is 14.5. The van der Waals surface area contributed by atoms with Crippen LogP contribution in [0, 0.1) is 12.8 Å². The molecule has 7 heteroatoms. The van der Waals surface area contributed by atoms with Crippen molar-refractivity contribution < 1.29 is 9.90 Å². The van der Waals surface area contributed by atoms with Gasteiger partial charge in [-0.25, -0.2) is 4.98 Å². The van der Waals surface area contributed by atoms with Crippen LogP contribution in [0.5, 0.6) is 0 Å². The Morgan fingerprint density at radius 1 is 1.50 bits per heavy atom. The molecule has 1 aliphatic heterocycles. The molecule has 0 aliphatic carbocycles. The van der Waals surface area contributed by atoms with Crippen molar-refractivity contribution in [1.82, 2.24) is 20.1 Å². The van der Waals surface area contributed by atoms with Crippen LogP contribution >= 0.6 is 0 Å². The molecule has 2 atom stereocenters. The Morgan fingerprint density at radius 3 is 2.95 bits per heavy atom. The van der Waals surface area contributed by atoms with E-state index in [1.165, 1.54) is 6.20 Å². The molecular formula is C15H19N5O2. The van der Waals surface area contributed by atoms with Crippen molar-refractivity contribution >= 4 is 11.7 Å². The fourth-order valence-corrected chi connectivity index (χ4v) is 2.78. The van der Waals surface area contributed by atoms with Crippen molar-refractivity contribution in [3.63, 3.8) is 0 Å². The number of pyridine rings is 1. The van der Waals surface area contributed by atoms with E-state index in [1.807, 2.05) is 13.0 Å². The van der Waals surface area contributed by atoms with Crippen LogP contribution in [0.4, 0.5) is 5.82 Å². The van der Waals surface area contributed by atoms with Crippen LogP contribution in [-0.4, -0.2) is 50.3 Å². The van der Waals surface area contributed by atoms with E-state index in [4.69, 9.17) is 5.73 Å². The van der Waals surface area contributed by atoms with Crippen molar-refractivity contribution in [1.29, 1.82) is 0 Å². The maximum atomic E-state index is 12.4. The molecular weight excluding hydrogens is 282 g/mol. The van der Waals surface area contributed by atoms with Crippen molar-refractivity contribution in [2.24, 2.45) is 5.92 Å². The van der Waals surface area contributed by atoms with Crippen LogP contribution in [-0.2, 0) is 6.42 Å². The van der Waals surface area contributed by atoms with Gasteiger partial charge in [0.2, 0.25) is 0 Å². The van der Waals surface area contributed by atoms with Gasteiger partial charge in [0.05, 0.1) is 17.4 Å². The van der Waals surface area contributed by atoms with Crippen LogP contribution in [0.15, 0.2) is 24.4 Å². The number of nitrogens with two attached hydrogens (primary N) is 1. The molecule has 3 rings (SSSR count). The summed E-state index contributed by atoms with van der Waals surface area (Å²) in [6, 6.07) is 5.21. The van der Waals surface area contributed by atoms with Gasteiger partial charge in [-0.15, -0.1) is 0 Å². The molecule has 1 saturated heterocycles. The van der Waals surface area contributed by atoms with E-state index in [0.717, 1.165) is 11.4 Å². The number of nitrogens with zero attached hydrogens (tertiary/aromatic N) is 3. The molecule has 22 heavy (non-hydrogen) atoms. The number of carbonyl (C=O) groups is 1. The molecule has 0 bridgehead atoms. The number of aryl methyl sites for hydroxylation is 1. The molecule has 1 aliphatic rings. The number of hydrogen-bond donors (Lipinski definition) is 3. The largest absolute Gasteiger partial charge is 0.391 e. The number of likely N-dealkylation sites (tertiary alicyclic amines) is 1. The van der Waals surface area contributed by atoms with Gasteiger partial charge in [-0.05, 0) is 31.5 Å². The maximum Gasteiger partial charge on any atom is 0.255 e. The predicted octanol–water partition coefficient (Wildman–Crippen LogP) is 0.371. The summed E-state index contributed by atoms with van der Waals surface area (Å²) in [5, 5.41) is 17.3. The maximum absolute atomic E-state index is 12.4. The topological polar surface area (TPSA) is 108 Å². The van der Waals surface area contributed by atoms with E-state index < -0.39 is 6.10 Å². The SMILES string of the molecule is Cc1cc(C[C@@H]2CN(C(=O)c3ccc(N)nc3)C[C@@H]2O)n[nH]1. The first-order valence-corrected chi connectivity index (χ1v) is 7.22. The lowest BCUT2D eigenvalue weighted by Gasteiger charge is -2.15. The van der Waals surface area contributed by atoms with E-state index in [9.17, 15) is 9.90 Å². The van der Waals surface area contributed by atoms with Crippen molar-refractivity contribution in [2.45, 2.75) is 19.4 Å². The molecule has 3 heterocycles. The summed E-state index contributed by atoms with van der Waals surface area (Å²) >= 11 is 0. The molecule has 0 aromatic carbocycles. The second-order valence-electron chi connectivity index (χ2n) is 5.76. The fraction of sp³-hybridized carbons (Fsp3) is 0.400. The number of aromatic amines is 1. The third kappa shape index (κ3) is 2.94. The summed E-state index contributed by atoms with van der Waals surface area (Å²) in [6.45, 7) is 2.78. The van der Waals surface area contributed by atoms with Crippen LogP contribution in [0.1, 0.15) is 21.7 Å². The Morgan fingerprint density at radius 2 is 2.32 bits per heavy atom. The van der Waals surface area contributed by atoms with E-state index in [0.29, 0.717) is 30.9 Å². The highest BCUT2D eigenvalue weighted by Gasteiger charge is 2.34. The second-order valence-corrected chi connectivity index (χ2v) is 5.76. The summed E-state index contributed by atoms with van der Waals surface area (Å²) in [5.74, 6) is 0.241. The Labute approximate surface area is 128 Å². The number of aliphatic hydroxyl groups excluding tert-OH is 1. The average molecular weight is 301 g/mol. The number of β-amino-alcohol motifs (C(OH)–C–C–N with tert-alkyl or cyclic N) is 1. The predicted molar refractivity (Wildman–Crippen MR) is 81.1 cm³/mol. The summed E-state index contributed by atoms with van der Waals surface area (Å²) in [5.41, 5.74) is 7.91. The van der Waals surface area contributed by atoms with Crippen molar-refractivity contribution in [2.75, 3.05) is 18.8 Å². The average Bonchev–Trinajstić information content (AvgIpc) is 3.06. The standard InChI is InChI=1S/C15H19N5O2/c1-9-4-12(19-18-9)5-11-7-20(8-13(11)21)15(22)10-2-3-14(16)17-6-10/h2-4,6,11,13,21H,5,7-8H2,1H3,(H2,16,17)(H,18,19)/t11-,13+/m1/s1. The molecule has 0 saturated carbocycles.